The minimum Gasteiger partial charge on any atom is -0.386 e. The van der Waals surface area contributed by atoms with E-state index in [1.54, 1.807) is 9.80 Å². The molecular formula is C14H24N2O3. The van der Waals surface area contributed by atoms with Gasteiger partial charge in [0.2, 0.25) is 11.8 Å². The summed E-state index contributed by atoms with van der Waals surface area (Å²) in [5, 5.41) is 9.93. The number of likely N-dealkylation sites (tertiary alicyclic amines) is 2. The van der Waals surface area contributed by atoms with Crippen LogP contribution in [0, 0.1) is 11.8 Å². The maximum atomic E-state index is 12.2. The molecule has 0 spiro atoms. The van der Waals surface area contributed by atoms with Crippen molar-refractivity contribution in [3.05, 3.63) is 0 Å². The van der Waals surface area contributed by atoms with Crippen molar-refractivity contribution < 1.29 is 14.7 Å². The smallest absolute Gasteiger partial charge is 0.228 e. The van der Waals surface area contributed by atoms with Gasteiger partial charge in [0.05, 0.1) is 24.6 Å². The highest BCUT2D eigenvalue weighted by molar-refractivity contribution is 5.89. The molecule has 5 heteroatoms. The Morgan fingerprint density at radius 3 is 2.63 bits per heavy atom. The average molecular weight is 268 g/mol. The molecule has 2 heterocycles. The van der Waals surface area contributed by atoms with Gasteiger partial charge in [0.25, 0.3) is 0 Å². The molecule has 1 unspecified atom stereocenters. The number of rotatable bonds is 4. The molecule has 0 radical (unpaired) electrons. The van der Waals surface area contributed by atoms with Crippen LogP contribution in [0.3, 0.4) is 0 Å². The Hall–Kier alpha value is -1.10. The van der Waals surface area contributed by atoms with Gasteiger partial charge in [-0.25, -0.2) is 0 Å². The number of β-amino-alcohol motifs (C(OH)–C–C–N with tert-alkyl or cyclic N) is 1. The summed E-state index contributed by atoms with van der Waals surface area (Å²) in [5.74, 6) is 0.315. The van der Waals surface area contributed by atoms with Crippen LogP contribution in [0.2, 0.25) is 0 Å². The third-order valence-electron chi connectivity index (χ3n) is 4.09. The Bertz CT molecular complexity index is 375. The maximum Gasteiger partial charge on any atom is 0.228 e. The Morgan fingerprint density at radius 1 is 1.47 bits per heavy atom. The number of amides is 2. The highest BCUT2D eigenvalue weighted by atomic mass is 16.3. The van der Waals surface area contributed by atoms with E-state index in [9.17, 15) is 14.7 Å². The lowest BCUT2D eigenvalue weighted by Crippen LogP contribution is -2.64. The van der Waals surface area contributed by atoms with Gasteiger partial charge in [-0.15, -0.1) is 0 Å². The fourth-order valence-electron chi connectivity index (χ4n) is 2.86. The van der Waals surface area contributed by atoms with Gasteiger partial charge in [0.15, 0.2) is 0 Å². The quantitative estimate of drug-likeness (QED) is 0.806. The van der Waals surface area contributed by atoms with Crippen LogP contribution in [0.15, 0.2) is 0 Å². The third kappa shape index (κ3) is 2.91. The van der Waals surface area contributed by atoms with Gasteiger partial charge in [-0.05, 0) is 12.3 Å². The Balaban J connectivity index is 1.87. The van der Waals surface area contributed by atoms with Gasteiger partial charge in [-0.2, -0.15) is 0 Å². The third-order valence-corrected chi connectivity index (χ3v) is 4.09. The summed E-state index contributed by atoms with van der Waals surface area (Å²) in [4.78, 5) is 27.6. The molecule has 0 aliphatic carbocycles. The second-order valence-corrected chi connectivity index (χ2v) is 6.37. The molecule has 2 amide bonds. The molecule has 108 valence electrons. The molecule has 0 aromatic heterocycles. The monoisotopic (exact) mass is 268 g/mol. The number of carbonyl (C=O) groups is 2. The molecule has 1 atom stereocenters. The van der Waals surface area contributed by atoms with Gasteiger partial charge in [-0.1, -0.05) is 20.8 Å². The summed E-state index contributed by atoms with van der Waals surface area (Å²) in [6, 6.07) is 0. The van der Waals surface area contributed by atoms with Crippen LogP contribution in [0.1, 0.15) is 33.6 Å². The van der Waals surface area contributed by atoms with Crippen molar-refractivity contribution in [2.24, 2.45) is 11.8 Å². The first kappa shape index (κ1) is 14.3. The van der Waals surface area contributed by atoms with Crippen LogP contribution in [0.5, 0.6) is 0 Å². The number of nitrogens with zero attached hydrogens (tertiary/aromatic N) is 2. The molecule has 2 fully saturated rings. The lowest BCUT2D eigenvalue weighted by atomic mass is 9.89. The molecule has 2 aliphatic heterocycles. The summed E-state index contributed by atoms with van der Waals surface area (Å²) in [6.07, 6.45) is 0.993. The summed E-state index contributed by atoms with van der Waals surface area (Å²) in [7, 11) is 0. The molecule has 0 aromatic rings. The molecule has 2 rings (SSSR count). The molecule has 0 aromatic carbocycles. The molecule has 2 saturated heterocycles. The van der Waals surface area contributed by atoms with E-state index in [2.05, 4.69) is 13.8 Å². The van der Waals surface area contributed by atoms with E-state index < -0.39 is 5.60 Å². The lowest BCUT2D eigenvalue weighted by Gasteiger charge is -2.46. The topological polar surface area (TPSA) is 60.9 Å². The van der Waals surface area contributed by atoms with Crippen molar-refractivity contribution in [1.82, 2.24) is 9.80 Å². The Labute approximate surface area is 114 Å². The van der Waals surface area contributed by atoms with Gasteiger partial charge in [-0.3, -0.25) is 9.59 Å². The number of hydrogen-bond donors (Lipinski definition) is 1. The van der Waals surface area contributed by atoms with Crippen LogP contribution in [-0.2, 0) is 9.59 Å². The van der Waals surface area contributed by atoms with Crippen LogP contribution >= 0.6 is 0 Å². The first-order chi connectivity index (χ1) is 8.84. The van der Waals surface area contributed by atoms with Crippen molar-refractivity contribution in [1.29, 1.82) is 0 Å². The van der Waals surface area contributed by atoms with E-state index in [1.807, 2.05) is 6.92 Å². The van der Waals surface area contributed by atoms with Crippen molar-refractivity contribution in [2.75, 3.05) is 26.2 Å². The molecule has 5 nitrogen and oxygen atoms in total. The van der Waals surface area contributed by atoms with Crippen molar-refractivity contribution in [3.63, 3.8) is 0 Å². The zero-order valence-corrected chi connectivity index (χ0v) is 12.1. The van der Waals surface area contributed by atoms with Gasteiger partial charge >= 0.3 is 0 Å². The summed E-state index contributed by atoms with van der Waals surface area (Å²) < 4.78 is 0. The average Bonchev–Trinajstić information content (AvgIpc) is 2.65. The normalized spacial score (nSPS) is 25.9. The molecule has 2 aliphatic rings. The molecule has 0 saturated carbocycles. The second-order valence-electron chi connectivity index (χ2n) is 6.37. The standard InChI is InChI=1S/C14H24N2O3/c1-4-14(19)8-16(9-14)13(18)11-5-12(17)15(7-11)6-10(2)3/h10-11,19H,4-9H2,1-3H3. The van der Waals surface area contributed by atoms with Gasteiger partial charge in [0.1, 0.15) is 0 Å². The Kier molecular flexibility index (Phi) is 3.85. The summed E-state index contributed by atoms with van der Waals surface area (Å²) >= 11 is 0. The van der Waals surface area contributed by atoms with Crippen LogP contribution in [-0.4, -0.2) is 58.5 Å². The summed E-state index contributed by atoms with van der Waals surface area (Å²) in [5.41, 5.74) is -0.699. The van der Waals surface area contributed by atoms with Gasteiger partial charge in [0, 0.05) is 19.5 Å². The zero-order valence-electron chi connectivity index (χ0n) is 12.1. The van der Waals surface area contributed by atoms with Gasteiger partial charge < -0.3 is 14.9 Å². The first-order valence-electron chi connectivity index (χ1n) is 7.13. The molecule has 1 N–H and O–H groups in total. The highest BCUT2D eigenvalue weighted by Crippen LogP contribution is 2.28. The maximum absolute atomic E-state index is 12.2. The minimum atomic E-state index is -0.699. The zero-order chi connectivity index (χ0) is 14.2. The van der Waals surface area contributed by atoms with Crippen molar-refractivity contribution in [3.8, 4) is 0 Å². The second kappa shape index (κ2) is 5.12. The predicted octanol–water partition coefficient (Wildman–Crippen LogP) is 0.474. The largest absolute Gasteiger partial charge is 0.386 e. The number of hydrogen-bond acceptors (Lipinski definition) is 3. The van der Waals surface area contributed by atoms with E-state index in [-0.39, 0.29) is 17.7 Å². The predicted molar refractivity (Wildman–Crippen MR) is 71.3 cm³/mol. The van der Waals surface area contributed by atoms with E-state index in [0.29, 0.717) is 38.4 Å². The summed E-state index contributed by atoms with van der Waals surface area (Å²) in [6.45, 7) is 8.15. The molecule has 19 heavy (non-hydrogen) atoms. The van der Waals surface area contributed by atoms with E-state index >= 15 is 0 Å². The number of carbonyl (C=O) groups excluding carboxylic acids is 2. The first-order valence-corrected chi connectivity index (χ1v) is 7.13. The van der Waals surface area contributed by atoms with E-state index in [1.165, 1.54) is 0 Å². The van der Waals surface area contributed by atoms with E-state index in [0.717, 1.165) is 6.54 Å². The van der Waals surface area contributed by atoms with Crippen LogP contribution in [0.25, 0.3) is 0 Å². The fraction of sp³-hybridized carbons (Fsp3) is 0.857. The van der Waals surface area contributed by atoms with Crippen LogP contribution in [0.4, 0.5) is 0 Å². The fourth-order valence-corrected chi connectivity index (χ4v) is 2.86. The minimum absolute atomic E-state index is 0.0257. The van der Waals surface area contributed by atoms with Crippen molar-refractivity contribution in [2.45, 2.75) is 39.2 Å². The van der Waals surface area contributed by atoms with Crippen molar-refractivity contribution >= 4 is 11.8 Å². The molecular weight excluding hydrogens is 244 g/mol. The lowest BCUT2D eigenvalue weighted by molar-refractivity contribution is -0.159. The highest BCUT2D eigenvalue weighted by Gasteiger charge is 2.45. The SMILES string of the molecule is CCC1(O)CN(C(=O)C2CC(=O)N(CC(C)C)C2)C1. The Morgan fingerprint density at radius 2 is 2.11 bits per heavy atom. The van der Waals surface area contributed by atoms with Crippen LogP contribution < -0.4 is 0 Å². The molecule has 0 bridgehead atoms. The van der Waals surface area contributed by atoms with E-state index in [4.69, 9.17) is 0 Å². The number of aliphatic hydroxyl groups is 1.